The maximum absolute atomic E-state index is 5.73. The Balaban J connectivity index is 2.59. The van der Waals surface area contributed by atoms with Crippen molar-refractivity contribution >= 4 is 11.4 Å². The molecule has 1 aromatic rings. The molecule has 1 rings (SSSR count). The summed E-state index contributed by atoms with van der Waals surface area (Å²) in [5, 5.41) is 3.32. The Kier molecular flexibility index (Phi) is 4.92. The predicted molar refractivity (Wildman–Crippen MR) is 67.0 cm³/mol. The lowest BCUT2D eigenvalue weighted by atomic mass is 10.2. The number of nitrogen functional groups attached to an aromatic ring is 1. The minimum atomic E-state index is 0.258. The molecule has 4 nitrogen and oxygen atoms in total. The molecule has 0 radical (unpaired) electrons. The van der Waals surface area contributed by atoms with Crippen molar-refractivity contribution in [3.8, 4) is 5.75 Å². The van der Waals surface area contributed by atoms with Gasteiger partial charge in [-0.05, 0) is 26.0 Å². The Hall–Kier alpha value is -1.42. The molecule has 0 saturated heterocycles. The monoisotopic (exact) mass is 224 g/mol. The zero-order valence-electron chi connectivity index (χ0n) is 10.1. The van der Waals surface area contributed by atoms with Crippen molar-refractivity contribution in [3.63, 3.8) is 0 Å². The standard InChI is InChI=1S/C12H20N2O2/c1-4-16-8-9(2)14-10-5-6-11(13)12(7-10)15-3/h5-7,9,14H,4,8,13H2,1-3H3. The summed E-state index contributed by atoms with van der Waals surface area (Å²) in [7, 11) is 1.61. The van der Waals surface area contributed by atoms with E-state index >= 15 is 0 Å². The van der Waals surface area contributed by atoms with E-state index < -0.39 is 0 Å². The summed E-state index contributed by atoms with van der Waals surface area (Å²) in [4.78, 5) is 0. The lowest BCUT2D eigenvalue weighted by molar-refractivity contribution is 0.141. The molecular weight excluding hydrogens is 204 g/mol. The van der Waals surface area contributed by atoms with Crippen molar-refractivity contribution in [2.75, 3.05) is 31.4 Å². The zero-order chi connectivity index (χ0) is 12.0. The SMILES string of the molecule is CCOCC(C)Nc1ccc(N)c(OC)c1. The highest BCUT2D eigenvalue weighted by atomic mass is 16.5. The topological polar surface area (TPSA) is 56.5 Å². The molecule has 1 aromatic carbocycles. The van der Waals surface area contributed by atoms with Gasteiger partial charge in [-0.1, -0.05) is 0 Å². The number of anilines is 2. The van der Waals surface area contributed by atoms with Crippen molar-refractivity contribution in [2.24, 2.45) is 0 Å². The van der Waals surface area contributed by atoms with Crippen LogP contribution in [0.25, 0.3) is 0 Å². The van der Waals surface area contributed by atoms with Gasteiger partial charge in [0, 0.05) is 24.4 Å². The summed E-state index contributed by atoms with van der Waals surface area (Å²) in [6, 6.07) is 5.90. The molecule has 90 valence electrons. The molecule has 0 spiro atoms. The summed E-state index contributed by atoms with van der Waals surface area (Å²) < 4.78 is 10.5. The van der Waals surface area contributed by atoms with Crippen LogP contribution in [0.15, 0.2) is 18.2 Å². The average Bonchev–Trinajstić information content (AvgIpc) is 2.29. The van der Waals surface area contributed by atoms with Crippen molar-refractivity contribution in [1.82, 2.24) is 0 Å². The Bertz CT molecular complexity index is 329. The second-order valence-electron chi connectivity index (χ2n) is 3.66. The van der Waals surface area contributed by atoms with Gasteiger partial charge in [0.05, 0.1) is 19.4 Å². The first kappa shape index (κ1) is 12.6. The second-order valence-corrected chi connectivity index (χ2v) is 3.66. The van der Waals surface area contributed by atoms with E-state index in [0.29, 0.717) is 18.0 Å². The van der Waals surface area contributed by atoms with Crippen molar-refractivity contribution in [1.29, 1.82) is 0 Å². The van der Waals surface area contributed by atoms with E-state index in [1.54, 1.807) is 7.11 Å². The van der Waals surface area contributed by atoms with E-state index in [1.165, 1.54) is 0 Å². The number of ether oxygens (including phenoxy) is 2. The molecule has 0 saturated carbocycles. The number of hydrogen-bond acceptors (Lipinski definition) is 4. The van der Waals surface area contributed by atoms with E-state index in [2.05, 4.69) is 12.2 Å². The van der Waals surface area contributed by atoms with Crippen LogP contribution in [0, 0.1) is 0 Å². The summed E-state index contributed by atoms with van der Waals surface area (Å²) in [6.07, 6.45) is 0. The maximum Gasteiger partial charge on any atom is 0.143 e. The maximum atomic E-state index is 5.73. The number of methoxy groups -OCH3 is 1. The summed E-state index contributed by atoms with van der Waals surface area (Å²) in [6.45, 7) is 5.47. The summed E-state index contributed by atoms with van der Waals surface area (Å²) in [5.41, 5.74) is 7.36. The molecule has 0 fully saturated rings. The molecule has 4 heteroatoms. The molecule has 0 heterocycles. The molecule has 1 atom stereocenters. The van der Waals surface area contributed by atoms with Crippen LogP contribution < -0.4 is 15.8 Å². The van der Waals surface area contributed by atoms with Gasteiger partial charge in [0.2, 0.25) is 0 Å². The highest BCUT2D eigenvalue weighted by Crippen LogP contribution is 2.25. The number of nitrogens with one attached hydrogen (secondary N) is 1. The van der Waals surface area contributed by atoms with Gasteiger partial charge in [0.25, 0.3) is 0 Å². The first-order chi connectivity index (χ1) is 7.67. The Morgan fingerprint density at radius 2 is 2.19 bits per heavy atom. The van der Waals surface area contributed by atoms with Crippen LogP contribution in [0.3, 0.4) is 0 Å². The van der Waals surface area contributed by atoms with Gasteiger partial charge in [-0.15, -0.1) is 0 Å². The smallest absolute Gasteiger partial charge is 0.143 e. The van der Waals surface area contributed by atoms with E-state index in [0.717, 1.165) is 12.3 Å². The number of rotatable bonds is 6. The molecule has 1 unspecified atom stereocenters. The molecule has 0 bridgehead atoms. The van der Waals surface area contributed by atoms with E-state index in [1.807, 2.05) is 25.1 Å². The molecular formula is C12H20N2O2. The first-order valence-electron chi connectivity index (χ1n) is 5.45. The molecule has 0 aliphatic carbocycles. The lowest BCUT2D eigenvalue weighted by Gasteiger charge is -2.16. The fourth-order valence-corrected chi connectivity index (χ4v) is 1.42. The predicted octanol–water partition coefficient (Wildman–Crippen LogP) is 2.11. The van der Waals surface area contributed by atoms with Crippen LogP contribution in [-0.4, -0.2) is 26.4 Å². The minimum Gasteiger partial charge on any atom is -0.495 e. The number of hydrogen-bond donors (Lipinski definition) is 2. The van der Waals surface area contributed by atoms with Crippen LogP contribution in [0.4, 0.5) is 11.4 Å². The first-order valence-corrected chi connectivity index (χ1v) is 5.45. The van der Waals surface area contributed by atoms with Gasteiger partial charge >= 0.3 is 0 Å². The Labute approximate surface area is 96.7 Å². The van der Waals surface area contributed by atoms with Crippen molar-refractivity contribution in [2.45, 2.75) is 19.9 Å². The van der Waals surface area contributed by atoms with Crippen molar-refractivity contribution in [3.05, 3.63) is 18.2 Å². The summed E-state index contributed by atoms with van der Waals surface area (Å²) >= 11 is 0. The van der Waals surface area contributed by atoms with Gasteiger partial charge in [0.15, 0.2) is 0 Å². The van der Waals surface area contributed by atoms with Crippen molar-refractivity contribution < 1.29 is 9.47 Å². The Morgan fingerprint density at radius 1 is 1.44 bits per heavy atom. The van der Waals surface area contributed by atoms with Crippen LogP contribution in [0.1, 0.15) is 13.8 Å². The molecule has 16 heavy (non-hydrogen) atoms. The number of benzene rings is 1. The molecule has 0 aliphatic heterocycles. The van der Waals surface area contributed by atoms with Gasteiger partial charge < -0.3 is 20.5 Å². The van der Waals surface area contributed by atoms with Crippen LogP contribution in [0.5, 0.6) is 5.75 Å². The fourth-order valence-electron chi connectivity index (χ4n) is 1.42. The third kappa shape index (κ3) is 3.62. The molecule has 0 aliphatic rings. The van der Waals surface area contributed by atoms with Crippen LogP contribution in [0.2, 0.25) is 0 Å². The van der Waals surface area contributed by atoms with Crippen LogP contribution in [-0.2, 0) is 4.74 Å². The van der Waals surface area contributed by atoms with E-state index in [4.69, 9.17) is 15.2 Å². The minimum absolute atomic E-state index is 0.258. The number of nitrogens with two attached hydrogens (primary N) is 1. The third-order valence-electron chi connectivity index (χ3n) is 2.22. The third-order valence-corrected chi connectivity index (χ3v) is 2.22. The van der Waals surface area contributed by atoms with E-state index in [-0.39, 0.29) is 6.04 Å². The second kappa shape index (κ2) is 6.23. The Morgan fingerprint density at radius 3 is 2.81 bits per heavy atom. The quantitative estimate of drug-likeness (QED) is 0.727. The molecule has 0 aromatic heterocycles. The molecule has 3 N–H and O–H groups in total. The largest absolute Gasteiger partial charge is 0.495 e. The van der Waals surface area contributed by atoms with Gasteiger partial charge in [-0.2, -0.15) is 0 Å². The average molecular weight is 224 g/mol. The highest BCUT2D eigenvalue weighted by Gasteiger charge is 2.04. The normalized spacial score (nSPS) is 12.2. The molecule has 0 amide bonds. The van der Waals surface area contributed by atoms with Gasteiger partial charge in [0.1, 0.15) is 5.75 Å². The van der Waals surface area contributed by atoms with Gasteiger partial charge in [-0.25, -0.2) is 0 Å². The highest BCUT2D eigenvalue weighted by molar-refractivity contribution is 5.61. The van der Waals surface area contributed by atoms with Gasteiger partial charge in [-0.3, -0.25) is 0 Å². The van der Waals surface area contributed by atoms with Crippen LogP contribution >= 0.6 is 0 Å². The van der Waals surface area contributed by atoms with E-state index in [9.17, 15) is 0 Å². The zero-order valence-corrected chi connectivity index (χ0v) is 10.1. The summed E-state index contributed by atoms with van der Waals surface area (Å²) in [5.74, 6) is 0.689. The lowest BCUT2D eigenvalue weighted by Crippen LogP contribution is -2.21. The fraction of sp³-hybridized carbons (Fsp3) is 0.500.